The number of carbonyl (C=O) groups is 2. The summed E-state index contributed by atoms with van der Waals surface area (Å²) >= 11 is 0. The maximum atomic E-state index is 12.7. The molecule has 1 heterocycles. The van der Waals surface area contributed by atoms with Gasteiger partial charge in [-0.3, -0.25) is 9.59 Å². The Labute approximate surface area is 147 Å². The average molecular weight is 344 g/mol. The van der Waals surface area contributed by atoms with Crippen LogP contribution in [0.2, 0.25) is 0 Å². The molecule has 2 aromatic rings. The Hall–Kier alpha value is -2.60. The van der Waals surface area contributed by atoms with Crippen LogP contribution < -0.4 is 5.32 Å². The smallest absolute Gasteiger partial charge is 0.291 e. The van der Waals surface area contributed by atoms with E-state index in [0.717, 1.165) is 18.4 Å². The van der Waals surface area contributed by atoms with Crippen molar-refractivity contribution in [2.24, 2.45) is 0 Å². The second kappa shape index (κ2) is 9.03. The Balaban J connectivity index is 2.18. The third kappa shape index (κ3) is 4.93. The summed E-state index contributed by atoms with van der Waals surface area (Å²) in [7, 11) is 0. The van der Waals surface area contributed by atoms with Crippen molar-refractivity contribution in [2.75, 3.05) is 25.0 Å². The van der Waals surface area contributed by atoms with Gasteiger partial charge in [-0.1, -0.05) is 19.4 Å². The van der Waals surface area contributed by atoms with Crippen LogP contribution in [0, 0.1) is 6.92 Å². The minimum Gasteiger partial charge on any atom is -0.459 e. The van der Waals surface area contributed by atoms with Crippen molar-refractivity contribution < 1.29 is 19.1 Å². The summed E-state index contributed by atoms with van der Waals surface area (Å²) in [5.41, 5.74) is 1.88. The maximum Gasteiger partial charge on any atom is 0.291 e. The molecule has 134 valence electrons. The number of hydrogen-bond donors (Lipinski definition) is 2. The number of nitrogens with zero attached hydrogens (tertiary/aromatic N) is 1. The van der Waals surface area contributed by atoms with Gasteiger partial charge in [-0.05, 0) is 43.2 Å². The van der Waals surface area contributed by atoms with E-state index in [4.69, 9.17) is 4.42 Å². The predicted octanol–water partition coefficient (Wildman–Crippen LogP) is 3.07. The number of nitrogens with one attached hydrogen (secondary N) is 1. The fourth-order valence-electron chi connectivity index (χ4n) is 2.45. The number of carbonyl (C=O) groups excluding carboxylic acids is 2. The second-order valence-corrected chi connectivity index (χ2v) is 5.83. The number of amides is 2. The van der Waals surface area contributed by atoms with Crippen LogP contribution in [0.5, 0.6) is 0 Å². The Morgan fingerprint density at radius 3 is 2.68 bits per heavy atom. The molecule has 6 nitrogen and oxygen atoms in total. The molecule has 0 radical (unpaired) electrons. The zero-order chi connectivity index (χ0) is 18.2. The highest BCUT2D eigenvalue weighted by Gasteiger charge is 2.17. The van der Waals surface area contributed by atoms with E-state index in [1.807, 2.05) is 6.92 Å². The fourth-order valence-corrected chi connectivity index (χ4v) is 2.45. The van der Waals surface area contributed by atoms with Crippen molar-refractivity contribution in [2.45, 2.75) is 26.7 Å². The number of furan rings is 1. The lowest BCUT2D eigenvalue weighted by atomic mass is 10.1. The maximum absolute atomic E-state index is 12.7. The number of aliphatic hydroxyl groups is 1. The first-order valence-electron chi connectivity index (χ1n) is 8.42. The zero-order valence-corrected chi connectivity index (χ0v) is 14.6. The number of unbranched alkanes of at least 4 members (excludes halogenated alkanes) is 1. The van der Waals surface area contributed by atoms with Gasteiger partial charge >= 0.3 is 0 Å². The topological polar surface area (TPSA) is 82.8 Å². The van der Waals surface area contributed by atoms with Crippen LogP contribution in [0.15, 0.2) is 41.0 Å². The van der Waals surface area contributed by atoms with Crippen LogP contribution in [0.1, 0.15) is 46.2 Å². The van der Waals surface area contributed by atoms with Crippen LogP contribution in [0.25, 0.3) is 0 Å². The predicted molar refractivity (Wildman–Crippen MR) is 95.7 cm³/mol. The molecule has 0 saturated heterocycles. The van der Waals surface area contributed by atoms with Crippen molar-refractivity contribution >= 4 is 17.5 Å². The molecule has 0 atom stereocenters. The summed E-state index contributed by atoms with van der Waals surface area (Å²) < 4.78 is 5.08. The van der Waals surface area contributed by atoms with E-state index >= 15 is 0 Å². The van der Waals surface area contributed by atoms with E-state index in [1.165, 1.54) is 6.26 Å². The molecule has 1 aromatic heterocycles. The van der Waals surface area contributed by atoms with E-state index in [9.17, 15) is 14.7 Å². The summed E-state index contributed by atoms with van der Waals surface area (Å²) in [5, 5.41) is 12.0. The van der Waals surface area contributed by atoms with Crippen LogP contribution >= 0.6 is 0 Å². The molecular formula is C19H24N2O4. The third-order valence-corrected chi connectivity index (χ3v) is 3.92. The van der Waals surface area contributed by atoms with E-state index in [-0.39, 0.29) is 24.2 Å². The monoisotopic (exact) mass is 344 g/mol. The lowest BCUT2D eigenvalue weighted by molar-refractivity contribution is 0.0719. The molecule has 2 rings (SSSR count). The Morgan fingerprint density at radius 1 is 1.24 bits per heavy atom. The second-order valence-electron chi connectivity index (χ2n) is 5.83. The Bertz CT molecular complexity index is 710. The molecule has 2 N–H and O–H groups in total. The highest BCUT2D eigenvalue weighted by molar-refractivity contribution is 6.03. The molecule has 25 heavy (non-hydrogen) atoms. The highest BCUT2D eigenvalue weighted by atomic mass is 16.3. The molecule has 0 aliphatic rings. The van der Waals surface area contributed by atoms with E-state index in [1.54, 1.807) is 35.2 Å². The summed E-state index contributed by atoms with van der Waals surface area (Å²) in [6.07, 6.45) is 3.27. The molecule has 0 bridgehead atoms. The minimum absolute atomic E-state index is 0.0800. The molecule has 0 aliphatic carbocycles. The van der Waals surface area contributed by atoms with Gasteiger partial charge in [0.2, 0.25) is 0 Å². The minimum atomic E-state index is -0.365. The highest BCUT2D eigenvalue weighted by Crippen LogP contribution is 2.19. The molecule has 1 aromatic carbocycles. The average Bonchev–Trinajstić information content (AvgIpc) is 3.14. The molecular weight excluding hydrogens is 320 g/mol. The van der Waals surface area contributed by atoms with Crippen molar-refractivity contribution in [1.82, 2.24) is 4.90 Å². The van der Waals surface area contributed by atoms with Gasteiger partial charge in [0.05, 0.1) is 12.9 Å². The van der Waals surface area contributed by atoms with E-state index in [0.29, 0.717) is 24.3 Å². The zero-order valence-electron chi connectivity index (χ0n) is 14.6. The number of aryl methyl sites for hydroxylation is 1. The lowest BCUT2D eigenvalue weighted by Gasteiger charge is -2.22. The Kier molecular flexibility index (Phi) is 6.77. The van der Waals surface area contributed by atoms with Crippen molar-refractivity contribution in [3.05, 3.63) is 53.5 Å². The first-order chi connectivity index (χ1) is 12.1. The summed E-state index contributed by atoms with van der Waals surface area (Å²) in [6, 6.07) is 8.41. The van der Waals surface area contributed by atoms with E-state index < -0.39 is 0 Å². The van der Waals surface area contributed by atoms with Gasteiger partial charge < -0.3 is 19.7 Å². The van der Waals surface area contributed by atoms with Gasteiger partial charge in [0.25, 0.3) is 11.8 Å². The van der Waals surface area contributed by atoms with Crippen LogP contribution in [-0.4, -0.2) is 41.5 Å². The molecule has 6 heteroatoms. The van der Waals surface area contributed by atoms with Gasteiger partial charge in [0.1, 0.15) is 0 Å². The molecule has 0 aliphatic heterocycles. The Morgan fingerprint density at radius 2 is 2.04 bits per heavy atom. The molecule has 0 saturated carbocycles. The fraction of sp³-hybridized carbons (Fsp3) is 0.368. The van der Waals surface area contributed by atoms with Crippen molar-refractivity contribution in [3.8, 4) is 0 Å². The summed E-state index contributed by atoms with van der Waals surface area (Å²) in [4.78, 5) is 26.5. The van der Waals surface area contributed by atoms with Gasteiger partial charge in [-0.25, -0.2) is 0 Å². The lowest BCUT2D eigenvalue weighted by Crippen LogP contribution is -2.34. The molecule has 0 spiro atoms. The van der Waals surface area contributed by atoms with Crippen LogP contribution in [0.4, 0.5) is 5.69 Å². The quantitative estimate of drug-likeness (QED) is 0.771. The number of anilines is 1. The van der Waals surface area contributed by atoms with Gasteiger partial charge in [-0.15, -0.1) is 0 Å². The first-order valence-corrected chi connectivity index (χ1v) is 8.42. The standard InChI is InChI=1S/C19H24N2O4/c1-3-4-9-21(10-11-22)19(24)15-8-7-14(2)16(13-15)20-18(23)17-6-5-12-25-17/h5-8,12-13,22H,3-4,9-11H2,1-2H3,(H,20,23). The normalized spacial score (nSPS) is 10.5. The van der Waals surface area contributed by atoms with Gasteiger partial charge in [0, 0.05) is 24.3 Å². The van der Waals surface area contributed by atoms with Gasteiger partial charge in [0.15, 0.2) is 5.76 Å². The molecule has 0 unspecified atom stereocenters. The molecule has 2 amide bonds. The summed E-state index contributed by atoms with van der Waals surface area (Å²) in [6.45, 7) is 4.71. The van der Waals surface area contributed by atoms with E-state index in [2.05, 4.69) is 12.2 Å². The van der Waals surface area contributed by atoms with Crippen molar-refractivity contribution in [1.29, 1.82) is 0 Å². The number of benzene rings is 1. The number of aliphatic hydroxyl groups excluding tert-OH is 1. The SMILES string of the molecule is CCCCN(CCO)C(=O)c1ccc(C)c(NC(=O)c2ccco2)c1. The van der Waals surface area contributed by atoms with Crippen LogP contribution in [-0.2, 0) is 0 Å². The summed E-state index contributed by atoms with van der Waals surface area (Å²) in [5.74, 6) is -0.312. The van der Waals surface area contributed by atoms with Crippen LogP contribution in [0.3, 0.4) is 0 Å². The number of hydrogen-bond acceptors (Lipinski definition) is 4. The first kappa shape index (κ1) is 18.7. The largest absolute Gasteiger partial charge is 0.459 e. The number of rotatable bonds is 8. The van der Waals surface area contributed by atoms with Crippen molar-refractivity contribution in [3.63, 3.8) is 0 Å². The third-order valence-electron chi connectivity index (χ3n) is 3.92. The molecule has 0 fully saturated rings. The van der Waals surface area contributed by atoms with Gasteiger partial charge in [-0.2, -0.15) is 0 Å².